The standard InChI is InChI=1S/C12H20N4O/c1-2-5-11(15)10-12(17)16(8-3-6-13)9-4-7-14/h11H,2-5,8-10,15H2,1H3. The second-order valence-corrected chi connectivity index (χ2v) is 3.95. The lowest BCUT2D eigenvalue weighted by Gasteiger charge is -2.22. The fraction of sp³-hybridized carbons (Fsp3) is 0.750. The highest BCUT2D eigenvalue weighted by Gasteiger charge is 2.15. The van der Waals surface area contributed by atoms with Gasteiger partial charge >= 0.3 is 0 Å². The van der Waals surface area contributed by atoms with Gasteiger partial charge in [0.05, 0.1) is 25.0 Å². The van der Waals surface area contributed by atoms with E-state index in [1.807, 2.05) is 19.1 Å². The maximum atomic E-state index is 11.9. The highest BCUT2D eigenvalue weighted by atomic mass is 16.2. The van der Waals surface area contributed by atoms with Crippen molar-refractivity contribution in [3.05, 3.63) is 0 Å². The number of hydrogen-bond acceptors (Lipinski definition) is 4. The molecule has 17 heavy (non-hydrogen) atoms. The molecule has 2 N–H and O–H groups in total. The van der Waals surface area contributed by atoms with Gasteiger partial charge in [-0.3, -0.25) is 4.79 Å². The van der Waals surface area contributed by atoms with E-state index in [2.05, 4.69) is 0 Å². The van der Waals surface area contributed by atoms with Crippen molar-refractivity contribution in [2.24, 2.45) is 5.73 Å². The Labute approximate surface area is 103 Å². The normalized spacial score (nSPS) is 11.3. The summed E-state index contributed by atoms with van der Waals surface area (Å²) in [6, 6.07) is 3.87. The molecule has 0 spiro atoms. The van der Waals surface area contributed by atoms with Crippen molar-refractivity contribution in [2.75, 3.05) is 13.1 Å². The minimum Gasteiger partial charge on any atom is -0.341 e. The molecule has 0 saturated carbocycles. The van der Waals surface area contributed by atoms with Crippen molar-refractivity contribution >= 4 is 5.91 Å². The van der Waals surface area contributed by atoms with Crippen molar-refractivity contribution in [1.29, 1.82) is 10.5 Å². The van der Waals surface area contributed by atoms with Gasteiger partial charge < -0.3 is 10.6 Å². The van der Waals surface area contributed by atoms with E-state index in [4.69, 9.17) is 16.3 Å². The largest absolute Gasteiger partial charge is 0.341 e. The van der Waals surface area contributed by atoms with E-state index < -0.39 is 0 Å². The van der Waals surface area contributed by atoms with Gasteiger partial charge in [0.2, 0.25) is 5.91 Å². The Morgan fingerprint density at radius 3 is 2.24 bits per heavy atom. The first-order valence-electron chi connectivity index (χ1n) is 5.92. The van der Waals surface area contributed by atoms with Gasteiger partial charge in [0.25, 0.3) is 0 Å². The van der Waals surface area contributed by atoms with Crippen LogP contribution in [0.1, 0.15) is 39.0 Å². The van der Waals surface area contributed by atoms with Crippen LogP contribution in [0.5, 0.6) is 0 Å². The van der Waals surface area contributed by atoms with Crippen LogP contribution in [-0.4, -0.2) is 29.9 Å². The number of hydrogen-bond donors (Lipinski definition) is 1. The Bertz CT molecular complexity index is 285. The molecule has 0 fully saturated rings. The molecule has 94 valence electrons. The molecule has 0 aromatic rings. The number of nitrogens with zero attached hydrogens (tertiary/aromatic N) is 3. The molecule has 0 rings (SSSR count). The van der Waals surface area contributed by atoms with Gasteiger partial charge in [0, 0.05) is 25.6 Å². The Morgan fingerprint density at radius 1 is 1.29 bits per heavy atom. The van der Waals surface area contributed by atoms with Crippen LogP contribution in [0.3, 0.4) is 0 Å². The molecule has 1 amide bonds. The van der Waals surface area contributed by atoms with Crippen molar-refractivity contribution in [1.82, 2.24) is 4.90 Å². The van der Waals surface area contributed by atoms with Gasteiger partial charge in [0.1, 0.15) is 0 Å². The Morgan fingerprint density at radius 2 is 1.82 bits per heavy atom. The zero-order valence-electron chi connectivity index (χ0n) is 10.4. The van der Waals surface area contributed by atoms with E-state index >= 15 is 0 Å². The zero-order valence-corrected chi connectivity index (χ0v) is 10.4. The van der Waals surface area contributed by atoms with E-state index in [1.165, 1.54) is 0 Å². The predicted molar refractivity (Wildman–Crippen MR) is 64.5 cm³/mol. The zero-order chi connectivity index (χ0) is 13.1. The number of nitriles is 2. The van der Waals surface area contributed by atoms with E-state index in [0.717, 1.165) is 12.8 Å². The molecule has 5 heteroatoms. The Hall–Kier alpha value is -1.59. The van der Waals surface area contributed by atoms with E-state index in [-0.39, 0.29) is 11.9 Å². The maximum Gasteiger partial charge on any atom is 0.224 e. The molecule has 5 nitrogen and oxygen atoms in total. The van der Waals surface area contributed by atoms with Crippen LogP contribution in [0.15, 0.2) is 0 Å². The van der Waals surface area contributed by atoms with Crippen LogP contribution in [0.2, 0.25) is 0 Å². The topological polar surface area (TPSA) is 93.9 Å². The van der Waals surface area contributed by atoms with Crippen LogP contribution < -0.4 is 5.73 Å². The minimum absolute atomic E-state index is 0.0588. The molecule has 0 saturated heterocycles. The summed E-state index contributed by atoms with van der Waals surface area (Å²) in [5, 5.41) is 17.0. The van der Waals surface area contributed by atoms with Gasteiger partial charge in [-0.1, -0.05) is 13.3 Å². The summed E-state index contributed by atoms with van der Waals surface area (Å²) in [5.74, 6) is -0.0588. The quantitative estimate of drug-likeness (QED) is 0.684. The van der Waals surface area contributed by atoms with Crippen molar-refractivity contribution in [3.63, 3.8) is 0 Å². The lowest BCUT2D eigenvalue weighted by molar-refractivity contribution is -0.131. The number of nitrogens with two attached hydrogens (primary N) is 1. The first-order chi connectivity index (χ1) is 8.15. The summed E-state index contributed by atoms with van der Waals surface area (Å²) in [6.45, 7) is 2.79. The number of carbonyl (C=O) groups is 1. The third kappa shape index (κ3) is 7.32. The average Bonchev–Trinajstić information content (AvgIpc) is 2.29. The lowest BCUT2D eigenvalue weighted by Crippen LogP contribution is -2.37. The van der Waals surface area contributed by atoms with Crippen LogP contribution in [0.25, 0.3) is 0 Å². The predicted octanol–water partition coefficient (Wildman–Crippen LogP) is 1.16. The maximum absolute atomic E-state index is 11.9. The van der Waals surface area contributed by atoms with Crippen LogP contribution in [0, 0.1) is 22.7 Å². The van der Waals surface area contributed by atoms with Crippen molar-refractivity contribution < 1.29 is 4.79 Å². The Kier molecular flexibility index (Phi) is 8.72. The molecule has 0 aromatic carbocycles. The van der Waals surface area contributed by atoms with Crippen molar-refractivity contribution in [2.45, 2.75) is 45.1 Å². The summed E-state index contributed by atoms with van der Waals surface area (Å²) in [5.41, 5.74) is 5.80. The van der Waals surface area contributed by atoms with E-state index in [1.54, 1.807) is 4.90 Å². The molecule has 0 aromatic heterocycles. The molecule has 0 heterocycles. The smallest absolute Gasteiger partial charge is 0.224 e. The SMILES string of the molecule is CCCC(N)CC(=O)N(CCC#N)CCC#N. The summed E-state index contributed by atoms with van der Waals surface area (Å²) in [6.07, 6.45) is 2.64. The monoisotopic (exact) mass is 236 g/mol. The number of carbonyl (C=O) groups excluding carboxylic acids is 1. The highest BCUT2D eigenvalue weighted by molar-refractivity contribution is 5.76. The fourth-order valence-electron chi connectivity index (χ4n) is 1.56. The summed E-state index contributed by atoms with van der Waals surface area (Å²) in [4.78, 5) is 13.4. The van der Waals surface area contributed by atoms with Gasteiger partial charge in [-0.2, -0.15) is 10.5 Å². The number of rotatable bonds is 8. The molecule has 1 atom stereocenters. The molecule has 0 aliphatic rings. The summed E-state index contributed by atoms with van der Waals surface area (Å²) < 4.78 is 0. The molecular weight excluding hydrogens is 216 g/mol. The van der Waals surface area contributed by atoms with Crippen LogP contribution in [-0.2, 0) is 4.79 Å². The number of amides is 1. The second-order valence-electron chi connectivity index (χ2n) is 3.95. The van der Waals surface area contributed by atoms with Gasteiger partial charge in [-0.05, 0) is 6.42 Å². The molecule has 0 bridgehead atoms. The van der Waals surface area contributed by atoms with Crippen molar-refractivity contribution in [3.8, 4) is 12.1 Å². The minimum atomic E-state index is -0.126. The average molecular weight is 236 g/mol. The van der Waals surface area contributed by atoms with Crippen LogP contribution >= 0.6 is 0 Å². The molecular formula is C12H20N4O. The third-order valence-electron chi connectivity index (χ3n) is 2.44. The second kappa shape index (κ2) is 9.62. The molecule has 0 radical (unpaired) electrons. The van der Waals surface area contributed by atoms with Gasteiger partial charge in [-0.15, -0.1) is 0 Å². The van der Waals surface area contributed by atoms with Gasteiger partial charge in [-0.25, -0.2) is 0 Å². The molecule has 0 aliphatic heterocycles. The molecule has 0 aliphatic carbocycles. The van der Waals surface area contributed by atoms with E-state index in [9.17, 15) is 4.79 Å². The summed E-state index contributed by atoms with van der Waals surface area (Å²) >= 11 is 0. The third-order valence-corrected chi connectivity index (χ3v) is 2.44. The summed E-state index contributed by atoms with van der Waals surface area (Å²) in [7, 11) is 0. The van der Waals surface area contributed by atoms with Gasteiger partial charge in [0.15, 0.2) is 0 Å². The van der Waals surface area contributed by atoms with Crippen LogP contribution in [0.4, 0.5) is 0 Å². The van der Waals surface area contributed by atoms with E-state index in [0.29, 0.717) is 32.4 Å². The molecule has 1 unspecified atom stereocenters. The first kappa shape index (κ1) is 15.4. The fourth-order valence-corrected chi connectivity index (χ4v) is 1.56. The highest BCUT2D eigenvalue weighted by Crippen LogP contribution is 2.04. The lowest BCUT2D eigenvalue weighted by atomic mass is 10.1. The first-order valence-corrected chi connectivity index (χ1v) is 5.92. The Balaban J connectivity index is 4.21.